The van der Waals surface area contributed by atoms with Gasteiger partial charge in [-0.1, -0.05) is 0 Å². The van der Waals surface area contributed by atoms with Crippen LogP contribution in [-0.2, 0) is 7.05 Å². The smallest absolute Gasteiger partial charge is 0.164 e. The van der Waals surface area contributed by atoms with Gasteiger partial charge in [-0.05, 0) is 18.2 Å². The number of aryl methyl sites for hydroxylation is 1. The average Bonchev–Trinajstić information content (AvgIpc) is 2.89. The van der Waals surface area contributed by atoms with E-state index in [1.807, 2.05) is 48.3 Å². The molecule has 0 atom stereocenters. The summed E-state index contributed by atoms with van der Waals surface area (Å²) in [6.45, 7) is 0. The largest absolute Gasteiger partial charge is 0.497 e. The first-order chi connectivity index (χ1) is 9.71. The second-order valence-electron chi connectivity index (χ2n) is 4.49. The Morgan fingerprint density at radius 1 is 1.00 bits per heavy atom. The highest BCUT2D eigenvalue weighted by molar-refractivity contribution is 5.71. The first-order valence-corrected chi connectivity index (χ1v) is 6.23. The molecule has 0 aliphatic carbocycles. The summed E-state index contributed by atoms with van der Waals surface area (Å²) in [7, 11) is 5.21. The van der Waals surface area contributed by atoms with Crippen molar-refractivity contribution in [3.63, 3.8) is 0 Å². The number of nitrogens with zero attached hydrogens (tertiary/aromatic N) is 3. The molecule has 0 saturated carbocycles. The molecule has 2 heterocycles. The van der Waals surface area contributed by atoms with Gasteiger partial charge in [-0.2, -0.15) is 0 Å². The fourth-order valence-electron chi connectivity index (χ4n) is 2.11. The minimum atomic E-state index is 0.658. The Kier molecular flexibility index (Phi) is 3.02. The summed E-state index contributed by atoms with van der Waals surface area (Å²) in [5.74, 6) is 2.10. The van der Waals surface area contributed by atoms with Gasteiger partial charge in [0.15, 0.2) is 5.82 Å². The first kappa shape index (κ1) is 12.5. The van der Waals surface area contributed by atoms with Crippen LogP contribution < -0.4 is 9.47 Å². The lowest BCUT2D eigenvalue weighted by Gasteiger charge is -2.07. The van der Waals surface area contributed by atoms with Gasteiger partial charge in [0.25, 0.3) is 0 Å². The fraction of sp³-hybridized carbons (Fsp3) is 0.200. The van der Waals surface area contributed by atoms with Gasteiger partial charge < -0.3 is 14.0 Å². The number of methoxy groups -OCH3 is 2. The summed E-state index contributed by atoms with van der Waals surface area (Å²) in [4.78, 5) is 9.10. The highest BCUT2D eigenvalue weighted by Gasteiger charge is 2.16. The normalized spacial score (nSPS) is 10.8. The van der Waals surface area contributed by atoms with Crippen LogP contribution in [0.2, 0.25) is 0 Å². The maximum atomic E-state index is 5.40. The predicted molar refractivity (Wildman–Crippen MR) is 76.2 cm³/mol. The number of hydrogen-bond donors (Lipinski definition) is 0. The molecule has 0 aromatic heterocycles. The minimum absolute atomic E-state index is 0.658. The number of fused-ring (bicyclic) bond motifs is 1. The van der Waals surface area contributed by atoms with Crippen molar-refractivity contribution >= 4 is 0 Å². The van der Waals surface area contributed by atoms with Gasteiger partial charge in [0.05, 0.1) is 25.5 Å². The Bertz CT molecular complexity index is 721. The molecule has 0 unspecified atom stereocenters. The van der Waals surface area contributed by atoms with Crippen LogP contribution in [0.3, 0.4) is 0 Å². The minimum Gasteiger partial charge on any atom is -0.497 e. The predicted octanol–water partition coefficient (Wildman–Crippen LogP) is 2.60. The molecule has 3 rings (SSSR count). The maximum Gasteiger partial charge on any atom is 0.164 e. The van der Waals surface area contributed by atoms with E-state index in [9.17, 15) is 0 Å². The van der Waals surface area contributed by atoms with Crippen LogP contribution in [0.1, 0.15) is 0 Å². The number of ether oxygens (including phenoxy) is 2. The summed E-state index contributed by atoms with van der Waals surface area (Å²) >= 11 is 0. The van der Waals surface area contributed by atoms with Crippen molar-refractivity contribution in [3.8, 4) is 34.3 Å². The van der Waals surface area contributed by atoms with Gasteiger partial charge in [0, 0.05) is 25.5 Å². The Morgan fingerprint density at radius 3 is 2.55 bits per heavy atom. The quantitative estimate of drug-likeness (QED) is 0.733. The van der Waals surface area contributed by atoms with Crippen molar-refractivity contribution in [2.75, 3.05) is 14.2 Å². The van der Waals surface area contributed by atoms with Crippen LogP contribution in [0.4, 0.5) is 0 Å². The lowest BCUT2D eigenvalue weighted by Crippen LogP contribution is -1.91. The number of aromatic nitrogens is 3. The van der Waals surface area contributed by atoms with Crippen LogP contribution in [0.25, 0.3) is 22.8 Å². The van der Waals surface area contributed by atoms with E-state index in [1.165, 1.54) is 0 Å². The fourth-order valence-corrected chi connectivity index (χ4v) is 2.11. The molecule has 2 aliphatic rings. The second-order valence-corrected chi connectivity index (χ2v) is 4.49. The molecule has 0 saturated heterocycles. The Morgan fingerprint density at radius 2 is 1.80 bits per heavy atom. The van der Waals surface area contributed by atoms with Crippen molar-refractivity contribution in [1.82, 2.24) is 14.5 Å². The number of pyridine rings is 1. The Hall–Kier alpha value is -2.56. The molecule has 1 aromatic rings. The zero-order chi connectivity index (χ0) is 14.1. The highest BCUT2D eigenvalue weighted by atomic mass is 16.5. The topological polar surface area (TPSA) is 49.2 Å². The Balaban J connectivity index is 2.13. The van der Waals surface area contributed by atoms with E-state index in [-0.39, 0.29) is 0 Å². The standard InChI is InChI=1S/C15H15N3O2/c1-18-7-6-12-13(9-18)17-15(16-12)11-5-4-10(19-2)8-14(11)20-3/h4-9H,1-3H3. The molecule has 20 heavy (non-hydrogen) atoms. The van der Waals surface area contributed by atoms with Gasteiger partial charge in [-0.3, -0.25) is 0 Å². The van der Waals surface area contributed by atoms with Crippen molar-refractivity contribution in [2.45, 2.75) is 0 Å². The van der Waals surface area contributed by atoms with Crippen LogP contribution in [-0.4, -0.2) is 28.8 Å². The molecule has 5 nitrogen and oxygen atoms in total. The van der Waals surface area contributed by atoms with E-state index in [0.717, 1.165) is 22.7 Å². The lowest BCUT2D eigenvalue weighted by atomic mass is 10.2. The third-order valence-electron chi connectivity index (χ3n) is 3.16. The van der Waals surface area contributed by atoms with Crippen molar-refractivity contribution in [1.29, 1.82) is 0 Å². The molecule has 0 radical (unpaired) electrons. The van der Waals surface area contributed by atoms with Gasteiger partial charge in [-0.15, -0.1) is 0 Å². The molecule has 5 heteroatoms. The zero-order valence-corrected chi connectivity index (χ0v) is 11.6. The van der Waals surface area contributed by atoms with E-state index in [4.69, 9.17) is 9.47 Å². The summed E-state index contributed by atoms with van der Waals surface area (Å²) in [5, 5.41) is 0. The number of benzene rings is 1. The monoisotopic (exact) mass is 269 g/mol. The van der Waals surface area contributed by atoms with Gasteiger partial charge >= 0.3 is 0 Å². The summed E-state index contributed by atoms with van der Waals surface area (Å²) < 4.78 is 12.5. The second kappa shape index (κ2) is 4.85. The molecule has 2 aliphatic heterocycles. The summed E-state index contributed by atoms with van der Waals surface area (Å²) in [6, 6.07) is 7.56. The van der Waals surface area contributed by atoms with Gasteiger partial charge in [-0.25, -0.2) is 9.97 Å². The van der Waals surface area contributed by atoms with Crippen LogP contribution in [0, 0.1) is 0 Å². The Labute approximate surface area is 117 Å². The van der Waals surface area contributed by atoms with Crippen molar-refractivity contribution in [3.05, 3.63) is 36.7 Å². The molecule has 0 spiro atoms. The molecular weight excluding hydrogens is 254 g/mol. The van der Waals surface area contributed by atoms with Crippen molar-refractivity contribution in [2.24, 2.45) is 7.05 Å². The van der Waals surface area contributed by atoms with Crippen LogP contribution in [0.15, 0.2) is 36.7 Å². The molecule has 0 N–H and O–H groups in total. The molecule has 0 amide bonds. The molecule has 1 aromatic carbocycles. The molecular formula is C15H15N3O2. The first-order valence-electron chi connectivity index (χ1n) is 6.23. The number of hydrogen-bond acceptors (Lipinski definition) is 4. The van der Waals surface area contributed by atoms with E-state index >= 15 is 0 Å². The third-order valence-corrected chi connectivity index (χ3v) is 3.16. The molecule has 0 fully saturated rings. The van der Waals surface area contributed by atoms with E-state index in [1.54, 1.807) is 14.2 Å². The van der Waals surface area contributed by atoms with Crippen LogP contribution >= 0.6 is 0 Å². The number of rotatable bonds is 3. The van der Waals surface area contributed by atoms with Crippen molar-refractivity contribution < 1.29 is 9.47 Å². The maximum absolute atomic E-state index is 5.40. The SMILES string of the molecule is COc1ccc(-c2nc3ccn(C)cc-3n2)c(OC)c1. The third kappa shape index (κ3) is 2.07. The molecule has 0 bridgehead atoms. The van der Waals surface area contributed by atoms with E-state index in [2.05, 4.69) is 9.97 Å². The van der Waals surface area contributed by atoms with E-state index < -0.39 is 0 Å². The van der Waals surface area contributed by atoms with Gasteiger partial charge in [0.2, 0.25) is 0 Å². The lowest BCUT2D eigenvalue weighted by molar-refractivity contribution is 0.395. The zero-order valence-electron chi connectivity index (χ0n) is 11.6. The summed E-state index contributed by atoms with van der Waals surface area (Å²) in [5.41, 5.74) is 2.59. The number of imidazole rings is 1. The summed E-state index contributed by atoms with van der Waals surface area (Å²) in [6.07, 6.45) is 3.90. The van der Waals surface area contributed by atoms with Gasteiger partial charge in [0.1, 0.15) is 17.2 Å². The molecule has 102 valence electrons. The van der Waals surface area contributed by atoms with Crippen LogP contribution in [0.5, 0.6) is 11.5 Å². The average molecular weight is 269 g/mol. The van der Waals surface area contributed by atoms with E-state index in [0.29, 0.717) is 11.6 Å². The highest BCUT2D eigenvalue weighted by Crippen LogP contribution is 2.33.